The molecule has 6 nitrogen and oxygen atoms in total. The van der Waals surface area contributed by atoms with Crippen LogP contribution in [-0.2, 0) is 11.3 Å². The van der Waals surface area contributed by atoms with Crippen LogP contribution in [0.4, 0.5) is 0 Å². The zero-order valence-corrected chi connectivity index (χ0v) is 18.0. The van der Waals surface area contributed by atoms with Crippen molar-refractivity contribution in [3.8, 4) is 11.5 Å². The van der Waals surface area contributed by atoms with Gasteiger partial charge >= 0.3 is 5.97 Å². The van der Waals surface area contributed by atoms with Gasteiger partial charge in [0.05, 0.1) is 17.8 Å². The normalized spacial score (nSPS) is 29.2. The Bertz CT molecular complexity index is 1000. The lowest BCUT2D eigenvalue weighted by Gasteiger charge is -2.53. The number of ether oxygens (including phenoxy) is 2. The summed E-state index contributed by atoms with van der Waals surface area (Å²) in [6, 6.07) is 12.7. The van der Waals surface area contributed by atoms with E-state index < -0.39 is 11.6 Å². The van der Waals surface area contributed by atoms with Crippen molar-refractivity contribution in [1.82, 2.24) is 4.90 Å². The summed E-state index contributed by atoms with van der Waals surface area (Å²) in [5.74, 6) is 0.451. The number of aromatic hydroxyl groups is 1. The highest BCUT2D eigenvalue weighted by molar-refractivity contribution is 5.87. The fraction of sp³-hybridized carbons (Fsp3) is 0.480. The van der Waals surface area contributed by atoms with Gasteiger partial charge in [0.1, 0.15) is 5.60 Å². The molecule has 3 aliphatic rings. The summed E-state index contributed by atoms with van der Waals surface area (Å²) >= 11 is 0. The molecule has 6 heteroatoms. The van der Waals surface area contributed by atoms with E-state index in [9.17, 15) is 15.0 Å². The minimum atomic E-state index is -0.891. The Morgan fingerprint density at radius 1 is 1.23 bits per heavy atom. The number of para-hydroxylation sites is 1. The van der Waals surface area contributed by atoms with Crippen molar-refractivity contribution in [2.75, 3.05) is 13.1 Å². The number of carboxylic acid groups (broad SMARTS) is 1. The molecule has 4 atom stereocenters. The molecule has 0 aromatic heterocycles. The Kier molecular flexibility index (Phi) is 4.94. The van der Waals surface area contributed by atoms with Crippen molar-refractivity contribution in [2.45, 2.75) is 51.0 Å². The van der Waals surface area contributed by atoms with Crippen LogP contribution in [0.3, 0.4) is 0 Å². The number of hydrogen-bond donors (Lipinski definition) is 2. The molecule has 5 rings (SSSR count). The second-order valence-electron chi connectivity index (χ2n) is 9.63. The van der Waals surface area contributed by atoms with Crippen molar-refractivity contribution in [3.05, 3.63) is 59.2 Å². The molecule has 2 fully saturated rings. The van der Waals surface area contributed by atoms with Gasteiger partial charge in [-0.2, -0.15) is 0 Å². The smallest absolute Gasteiger partial charge is 0.335 e. The first-order chi connectivity index (χ1) is 14.8. The molecular weight excluding hydrogens is 394 g/mol. The number of likely N-dealkylation sites (tertiary alicyclic amines) is 1. The zero-order valence-electron chi connectivity index (χ0n) is 18.0. The minimum Gasteiger partial charge on any atom is -0.504 e. The van der Waals surface area contributed by atoms with E-state index >= 15 is 0 Å². The molecule has 2 aromatic rings. The van der Waals surface area contributed by atoms with E-state index in [1.54, 1.807) is 18.2 Å². The van der Waals surface area contributed by atoms with Crippen LogP contribution in [0.25, 0.3) is 0 Å². The molecule has 0 bridgehead atoms. The van der Waals surface area contributed by atoms with Gasteiger partial charge in [-0.3, -0.25) is 4.90 Å². The molecule has 0 spiro atoms. The topological polar surface area (TPSA) is 79.2 Å². The number of carboxylic acids is 1. The average molecular weight is 424 g/mol. The third-order valence-corrected chi connectivity index (χ3v) is 7.16. The Hall–Kier alpha value is -2.57. The Labute approximate surface area is 182 Å². The average Bonchev–Trinajstić information content (AvgIpc) is 2.74. The minimum absolute atomic E-state index is 0.0640. The lowest BCUT2D eigenvalue weighted by Crippen LogP contribution is -2.55. The monoisotopic (exact) mass is 423 g/mol. The van der Waals surface area contributed by atoms with Gasteiger partial charge in [-0.05, 0) is 56.4 Å². The summed E-state index contributed by atoms with van der Waals surface area (Å²) in [4.78, 5) is 13.7. The van der Waals surface area contributed by atoms with E-state index in [4.69, 9.17) is 9.47 Å². The first-order valence-corrected chi connectivity index (χ1v) is 11.0. The van der Waals surface area contributed by atoms with Crippen LogP contribution in [-0.4, -0.2) is 45.9 Å². The van der Waals surface area contributed by atoms with E-state index in [2.05, 4.69) is 18.7 Å². The fourth-order valence-corrected chi connectivity index (χ4v) is 5.58. The van der Waals surface area contributed by atoms with Gasteiger partial charge in [0.25, 0.3) is 0 Å². The molecule has 164 valence electrons. The van der Waals surface area contributed by atoms with Gasteiger partial charge in [0.2, 0.25) is 0 Å². The Morgan fingerprint density at radius 3 is 2.84 bits per heavy atom. The third-order valence-electron chi connectivity index (χ3n) is 7.16. The van der Waals surface area contributed by atoms with Crippen LogP contribution in [0.15, 0.2) is 42.5 Å². The van der Waals surface area contributed by atoms with E-state index in [-0.39, 0.29) is 23.9 Å². The standard InChI is InChI=1S/C25H29NO5/c1-25(2)19-12-17-14-26(13-15-5-3-6-16(11-15)24(28)29)10-9-21(17)30-22(19)18-7-4-8-20(27)23(18)31-25/h3-8,11,17,19,21-22,27H,9-10,12-14H2,1-2H3,(H,28,29)/t17-,19+,21+,22-/m1/s1. The van der Waals surface area contributed by atoms with Crippen LogP contribution in [0.2, 0.25) is 0 Å². The highest BCUT2D eigenvalue weighted by Crippen LogP contribution is 2.54. The summed E-state index contributed by atoms with van der Waals surface area (Å²) in [6.45, 7) is 6.76. The molecule has 2 aromatic carbocycles. The number of phenolic OH excluding ortho intramolecular Hbond substituents is 1. The highest BCUT2D eigenvalue weighted by atomic mass is 16.5. The molecule has 2 saturated heterocycles. The molecule has 0 aliphatic carbocycles. The number of phenols is 1. The summed E-state index contributed by atoms with van der Waals surface area (Å²) < 4.78 is 12.9. The van der Waals surface area contributed by atoms with E-state index in [0.717, 1.165) is 43.6 Å². The van der Waals surface area contributed by atoms with Crippen molar-refractivity contribution >= 4 is 5.97 Å². The fourth-order valence-electron chi connectivity index (χ4n) is 5.58. The number of nitrogens with zero attached hydrogens (tertiary/aromatic N) is 1. The molecule has 3 aliphatic heterocycles. The van der Waals surface area contributed by atoms with Gasteiger partial charge in [-0.25, -0.2) is 4.79 Å². The maximum Gasteiger partial charge on any atom is 0.335 e. The largest absolute Gasteiger partial charge is 0.504 e. The molecule has 0 radical (unpaired) electrons. The lowest BCUT2D eigenvalue weighted by molar-refractivity contribution is -0.188. The van der Waals surface area contributed by atoms with Gasteiger partial charge in [-0.1, -0.05) is 24.3 Å². The second-order valence-corrected chi connectivity index (χ2v) is 9.63. The quantitative estimate of drug-likeness (QED) is 0.769. The van der Waals surface area contributed by atoms with Crippen molar-refractivity contribution in [3.63, 3.8) is 0 Å². The van der Waals surface area contributed by atoms with Crippen LogP contribution in [0, 0.1) is 11.8 Å². The van der Waals surface area contributed by atoms with Crippen molar-refractivity contribution in [1.29, 1.82) is 0 Å². The first-order valence-electron chi connectivity index (χ1n) is 11.0. The maximum absolute atomic E-state index is 11.3. The number of hydrogen-bond acceptors (Lipinski definition) is 5. The number of piperidine rings is 1. The molecule has 0 saturated carbocycles. The maximum atomic E-state index is 11.3. The molecular formula is C25H29NO5. The number of carbonyl (C=O) groups is 1. The van der Waals surface area contributed by atoms with Gasteiger partial charge < -0.3 is 19.7 Å². The SMILES string of the molecule is CC1(C)Oc2c(O)cccc2[C@H]2O[C@H]3CCN(Cc4cccc(C(=O)O)c4)C[C@H]3C[C@@H]21. The summed E-state index contributed by atoms with van der Waals surface area (Å²) in [5.41, 5.74) is 1.88. The van der Waals surface area contributed by atoms with E-state index in [1.165, 1.54) is 0 Å². The summed E-state index contributed by atoms with van der Waals surface area (Å²) in [5, 5.41) is 19.6. The van der Waals surface area contributed by atoms with Crippen LogP contribution >= 0.6 is 0 Å². The predicted molar refractivity (Wildman–Crippen MR) is 115 cm³/mol. The van der Waals surface area contributed by atoms with E-state index in [0.29, 0.717) is 17.2 Å². The molecule has 0 amide bonds. The number of rotatable bonds is 3. The first kappa shape index (κ1) is 20.3. The lowest BCUT2D eigenvalue weighted by atomic mass is 9.70. The Morgan fingerprint density at radius 2 is 2.03 bits per heavy atom. The third kappa shape index (κ3) is 3.68. The molecule has 0 unspecified atom stereocenters. The van der Waals surface area contributed by atoms with E-state index in [1.807, 2.05) is 24.3 Å². The van der Waals surface area contributed by atoms with Crippen LogP contribution in [0.1, 0.15) is 54.3 Å². The summed E-state index contributed by atoms with van der Waals surface area (Å²) in [7, 11) is 0. The number of benzene rings is 2. The number of fused-ring (bicyclic) bond motifs is 4. The Balaban J connectivity index is 1.33. The molecule has 31 heavy (non-hydrogen) atoms. The second kappa shape index (κ2) is 7.53. The van der Waals surface area contributed by atoms with Gasteiger partial charge in [0.15, 0.2) is 11.5 Å². The van der Waals surface area contributed by atoms with Gasteiger partial charge in [0, 0.05) is 31.1 Å². The number of aromatic carboxylic acids is 1. The predicted octanol–water partition coefficient (Wildman–Crippen LogP) is 4.23. The van der Waals surface area contributed by atoms with Crippen molar-refractivity contribution in [2.24, 2.45) is 11.8 Å². The summed E-state index contributed by atoms with van der Waals surface area (Å²) in [6.07, 6.45) is 2.07. The van der Waals surface area contributed by atoms with Crippen LogP contribution < -0.4 is 4.74 Å². The highest BCUT2D eigenvalue weighted by Gasteiger charge is 2.51. The zero-order chi connectivity index (χ0) is 21.8. The van der Waals surface area contributed by atoms with Crippen molar-refractivity contribution < 1.29 is 24.5 Å². The molecule has 3 heterocycles. The van der Waals surface area contributed by atoms with Crippen LogP contribution in [0.5, 0.6) is 11.5 Å². The molecule has 2 N–H and O–H groups in total. The van der Waals surface area contributed by atoms with Gasteiger partial charge in [-0.15, -0.1) is 0 Å².